The van der Waals surface area contributed by atoms with E-state index in [0.29, 0.717) is 41.7 Å². The maximum atomic E-state index is 12.8. The van der Waals surface area contributed by atoms with Gasteiger partial charge < -0.3 is 15.1 Å². The zero-order valence-electron chi connectivity index (χ0n) is 12.9. The van der Waals surface area contributed by atoms with Crippen molar-refractivity contribution >= 4 is 40.9 Å². The monoisotopic (exact) mass is 369 g/mol. The van der Waals surface area contributed by atoms with Crippen molar-refractivity contribution in [1.29, 1.82) is 0 Å². The van der Waals surface area contributed by atoms with Crippen molar-refractivity contribution in [3.8, 4) is 0 Å². The minimum Gasteiger partial charge on any atom is -0.353 e. The molecule has 24 heavy (non-hydrogen) atoms. The first-order valence-electron chi connectivity index (χ1n) is 7.79. The van der Waals surface area contributed by atoms with Crippen LogP contribution < -0.4 is 5.32 Å². The quantitative estimate of drug-likeness (QED) is 0.859. The molecule has 0 aliphatic carbocycles. The lowest BCUT2D eigenvalue weighted by Gasteiger charge is -2.32. The molecule has 128 valence electrons. The third kappa shape index (κ3) is 3.35. The number of halogens is 2. The predicted molar refractivity (Wildman–Crippen MR) is 90.1 cm³/mol. The number of hydrogen-bond donors (Lipinski definition) is 1. The first-order valence-corrected chi connectivity index (χ1v) is 8.54. The van der Waals surface area contributed by atoms with Crippen LogP contribution in [0.5, 0.6) is 0 Å². The highest BCUT2D eigenvalue weighted by Gasteiger charge is 2.38. The summed E-state index contributed by atoms with van der Waals surface area (Å²) in [7, 11) is 0. The van der Waals surface area contributed by atoms with E-state index < -0.39 is 6.04 Å². The summed E-state index contributed by atoms with van der Waals surface area (Å²) in [6.45, 7) is 1.42. The van der Waals surface area contributed by atoms with E-state index in [1.807, 2.05) is 0 Å². The van der Waals surface area contributed by atoms with Gasteiger partial charge in [-0.05, 0) is 31.0 Å². The Bertz CT molecular complexity index is 695. The Labute approximate surface area is 149 Å². The van der Waals surface area contributed by atoms with Gasteiger partial charge in [0.1, 0.15) is 6.04 Å². The summed E-state index contributed by atoms with van der Waals surface area (Å²) >= 11 is 12.1. The molecular weight excluding hydrogens is 353 g/mol. The Morgan fingerprint density at radius 3 is 2.75 bits per heavy atom. The van der Waals surface area contributed by atoms with Gasteiger partial charge in [-0.25, -0.2) is 0 Å². The molecule has 2 fully saturated rings. The van der Waals surface area contributed by atoms with E-state index in [-0.39, 0.29) is 24.3 Å². The number of likely N-dealkylation sites (tertiary alicyclic amines) is 1. The largest absolute Gasteiger partial charge is 0.353 e. The Hall–Kier alpha value is -1.79. The Morgan fingerprint density at radius 2 is 2.00 bits per heavy atom. The van der Waals surface area contributed by atoms with Crippen LogP contribution in [0.3, 0.4) is 0 Å². The minimum atomic E-state index is -0.557. The lowest BCUT2D eigenvalue weighted by atomic mass is 10.1. The maximum Gasteiger partial charge on any atom is 0.256 e. The number of carbonyl (C=O) groups is 3. The Morgan fingerprint density at radius 1 is 1.21 bits per heavy atom. The summed E-state index contributed by atoms with van der Waals surface area (Å²) in [6, 6.07) is 4.14. The SMILES string of the molecule is O=C1CN(C(=O)C2CCCN2C(=O)c2cc(Cl)ccc2Cl)CCN1. The number of nitrogens with zero attached hydrogens (tertiary/aromatic N) is 2. The second-order valence-corrected chi connectivity index (χ2v) is 6.73. The molecular formula is C16H17Cl2N3O3. The Balaban J connectivity index is 1.79. The average Bonchev–Trinajstić information content (AvgIpc) is 3.05. The molecule has 6 nitrogen and oxygen atoms in total. The summed E-state index contributed by atoms with van der Waals surface area (Å²) < 4.78 is 0. The summed E-state index contributed by atoms with van der Waals surface area (Å²) in [6.07, 6.45) is 1.32. The number of amides is 3. The summed E-state index contributed by atoms with van der Waals surface area (Å²) in [4.78, 5) is 40.1. The second-order valence-electron chi connectivity index (χ2n) is 5.89. The van der Waals surface area contributed by atoms with Crippen molar-refractivity contribution in [2.45, 2.75) is 18.9 Å². The van der Waals surface area contributed by atoms with Crippen LogP contribution in [0, 0.1) is 0 Å². The van der Waals surface area contributed by atoms with Crippen molar-refractivity contribution in [2.24, 2.45) is 0 Å². The standard InChI is InChI=1S/C16H17Cl2N3O3/c17-10-3-4-12(18)11(8-10)15(23)21-6-1-2-13(21)16(24)20-7-5-19-14(22)9-20/h3-4,8,13H,1-2,5-7,9H2,(H,19,22). The number of piperazine rings is 1. The van der Waals surface area contributed by atoms with Crippen LogP contribution in [0.25, 0.3) is 0 Å². The lowest BCUT2D eigenvalue weighted by Crippen LogP contribution is -2.55. The topological polar surface area (TPSA) is 69.7 Å². The molecule has 0 spiro atoms. The molecule has 0 bridgehead atoms. The van der Waals surface area contributed by atoms with E-state index >= 15 is 0 Å². The van der Waals surface area contributed by atoms with Gasteiger partial charge in [0.05, 0.1) is 17.1 Å². The van der Waals surface area contributed by atoms with Gasteiger partial charge in [0.15, 0.2) is 0 Å². The van der Waals surface area contributed by atoms with Gasteiger partial charge in [0.2, 0.25) is 11.8 Å². The maximum absolute atomic E-state index is 12.8. The van der Waals surface area contributed by atoms with Gasteiger partial charge >= 0.3 is 0 Å². The molecule has 3 rings (SSSR count). The predicted octanol–water partition coefficient (Wildman–Crippen LogP) is 1.56. The first-order chi connectivity index (χ1) is 11.5. The summed E-state index contributed by atoms with van der Waals surface area (Å²) in [5.41, 5.74) is 0.292. The van der Waals surface area contributed by atoms with Crippen molar-refractivity contribution in [3.05, 3.63) is 33.8 Å². The van der Waals surface area contributed by atoms with Crippen molar-refractivity contribution < 1.29 is 14.4 Å². The molecule has 2 aliphatic rings. The zero-order valence-corrected chi connectivity index (χ0v) is 14.4. The van der Waals surface area contributed by atoms with E-state index in [4.69, 9.17) is 23.2 Å². The van der Waals surface area contributed by atoms with E-state index in [1.54, 1.807) is 12.1 Å². The lowest BCUT2D eigenvalue weighted by molar-refractivity contribution is -0.141. The molecule has 1 aromatic rings. The van der Waals surface area contributed by atoms with Crippen molar-refractivity contribution in [1.82, 2.24) is 15.1 Å². The van der Waals surface area contributed by atoms with E-state index in [9.17, 15) is 14.4 Å². The fourth-order valence-electron chi connectivity index (χ4n) is 3.12. The molecule has 1 atom stereocenters. The third-order valence-electron chi connectivity index (χ3n) is 4.31. The van der Waals surface area contributed by atoms with Gasteiger partial charge in [-0.15, -0.1) is 0 Å². The van der Waals surface area contributed by atoms with Crippen LogP contribution in [0.1, 0.15) is 23.2 Å². The molecule has 2 heterocycles. The van der Waals surface area contributed by atoms with E-state index in [1.165, 1.54) is 15.9 Å². The number of hydrogen-bond acceptors (Lipinski definition) is 3. The molecule has 0 aromatic heterocycles. The fourth-order valence-corrected chi connectivity index (χ4v) is 3.49. The van der Waals surface area contributed by atoms with Crippen LogP contribution >= 0.6 is 23.2 Å². The molecule has 8 heteroatoms. The third-order valence-corrected chi connectivity index (χ3v) is 4.87. The van der Waals surface area contributed by atoms with Gasteiger partial charge in [-0.3, -0.25) is 14.4 Å². The van der Waals surface area contributed by atoms with Gasteiger partial charge in [-0.2, -0.15) is 0 Å². The van der Waals surface area contributed by atoms with Crippen LogP contribution in [-0.2, 0) is 9.59 Å². The first kappa shape index (κ1) is 17.0. The summed E-state index contributed by atoms with van der Waals surface area (Å²) in [5.74, 6) is -0.669. The molecule has 1 N–H and O–H groups in total. The Kier molecular flexibility index (Phi) is 4.96. The number of carbonyl (C=O) groups excluding carboxylic acids is 3. The molecule has 0 saturated carbocycles. The zero-order chi connectivity index (χ0) is 17.3. The number of benzene rings is 1. The molecule has 1 aromatic carbocycles. The number of rotatable bonds is 2. The van der Waals surface area contributed by atoms with Crippen LogP contribution in [0.2, 0.25) is 10.0 Å². The van der Waals surface area contributed by atoms with Crippen LogP contribution in [-0.4, -0.2) is 59.7 Å². The van der Waals surface area contributed by atoms with E-state index in [0.717, 1.165) is 6.42 Å². The highest BCUT2D eigenvalue weighted by molar-refractivity contribution is 6.35. The molecule has 2 saturated heterocycles. The van der Waals surface area contributed by atoms with Gasteiger partial charge in [-0.1, -0.05) is 23.2 Å². The minimum absolute atomic E-state index is 0.0370. The van der Waals surface area contributed by atoms with Gasteiger partial charge in [0.25, 0.3) is 5.91 Å². The normalized spacial score (nSPS) is 20.9. The highest BCUT2D eigenvalue weighted by Crippen LogP contribution is 2.27. The smallest absolute Gasteiger partial charge is 0.256 e. The second kappa shape index (κ2) is 6.99. The van der Waals surface area contributed by atoms with Crippen LogP contribution in [0.4, 0.5) is 0 Å². The van der Waals surface area contributed by atoms with E-state index in [2.05, 4.69) is 5.32 Å². The van der Waals surface area contributed by atoms with Crippen molar-refractivity contribution in [3.63, 3.8) is 0 Å². The van der Waals surface area contributed by atoms with Gasteiger partial charge in [0, 0.05) is 24.7 Å². The molecule has 2 aliphatic heterocycles. The molecule has 1 unspecified atom stereocenters. The van der Waals surface area contributed by atoms with Crippen molar-refractivity contribution in [2.75, 3.05) is 26.2 Å². The highest BCUT2D eigenvalue weighted by atomic mass is 35.5. The fraction of sp³-hybridized carbons (Fsp3) is 0.438. The number of nitrogens with one attached hydrogen (secondary N) is 1. The average molecular weight is 370 g/mol. The van der Waals surface area contributed by atoms with Crippen LogP contribution in [0.15, 0.2) is 18.2 Å². The molecule has 3 amide bonds. The summed E-state index contributed by atoms with van der Waals surface area (Å²) in [5, 5.41) is 3.41. The molecule has 0 radical (unpaired) electrons.